The van der Waals surface area contributed by atoms with E-state index in [9.17, 15) is 0 Å². The van der Waals surface area contributed by atoms with E-state index >= 15 is 0 Å². The van der Waals surface area contributed by atoms with Gasteiger partial charge < -0.3 is 5.32 Å². The molecular weight excluding hydrogens is 142 g/mol. The molecule has 1 nitrogen and oxygen atoms in total. The van der Waals surface area contributed by atoms with Crippen molar-refractivity contribution in [2.24, 2.45) is 0 Å². The molecule has 0 unspecified atom stereocenters. The van der Waals surface area contributed by atoms with Crippen LogP contribution in [0.5, 0.6) is 0 Å². The predicted molar refractivity (Wildman–Crippen MR) is 48.6 cm³/mol. The van der Waals surface area contributed by atoms with Gasteiger partial charge in [0.25, 0.3) is 0 Å². The molecule has 0 saturated carbocycles. The standard InChI is InChI=1S/C8H15NS/c1-2-10-7-8-3-5-9-6-4-8/h3,9H,2,4-7H2,1H3. The van der Waals surface area contributed by atoms with Crippen molar-refractivity contribution < 1.29 is 0 Å². The molecule has 0 radical (unpaired) electrons. The summed E-state index contributed by atoms with van der Waals surface area (Å²) in [5.74, 6) is 2.49. The van der Waals surface area contributed by atoms with E-state index in [0.717, 1.165) is 6.54 Å². The summed E-state index contributed by atoms with van der Waals surface area (Å²) < 4.78 is 0. The Morgan fingerprint density at radius 2 is 2.60 bits per heavy atom. The van der Waals surface area contributed by atoms with E-state index in [1.807, 2.05) is 11.8 Å². The smallest absolute Gasteiger partial charge is 0.0144 e. The first kappa shape index (κ1) is 8.15. The second kappa shape index (κ2) is 4.80. The lowest BCUT2D eigenvalue weighted by molar-refractivity contribution is 0.705. The van der Waals surface area contributed by atoms with E-state index in [4.69, 9.17) is 0 Å². The first-order chi connectivity index (χ1) is 4.93. The number of thioether (sulfide) groups is 1. The van der Waals surface area contributed by atoms with Crippen LogP contribution in [0.4, 0.5) is 0 Å². The van der Waals surface area contributed by atoms with Crippen LogP contribution in [0.25, 0.3) is 0 Å². The van der Waals surface area contributed by atoms with E-state index in [1.54, 1.807) is 5.57 Å². The summed E-state index contributed by atoms with van der Waals surface area (Å²) in [7, 11) is 0. The fourth-order valence-electron chi connectivity index (χ4n) is 1.03. The Hall–Kier alpha value is 0.0500. The Morgan fingerprint density at radius 3 is 3.20 bits per heavy atom. The summed E-state index contributed by atoms with van der Waals surface area (Å²) in [5, 5.41) is 3.31. The van der Waals surface area contributed by atoms with Gasteiger partial charge in [0, 0.05) is 12.3 Å². The topological polar surface area (TPSA) is 12.0 Å². The Morgan fingerprint density at radius 1 is 1.70 bits per heavy atom. The highest BCUT2D eigenvalue weighted by molar-refractivity contribution is 7.99. The highest BCUT2D eigenvalue weighted by Gasteiger charge is 2.00. The van der Waals surface area contributed by atoms with Gasteiger partial charge in [0.1, 0.15) is 0 Å². The Labute approximate surface area is 67.3 Å². The van der Waals surface area contributed by atoms with E-state index in [0.29, 0.717) is 0 Å². The molecule has 1 rings (SSSR count). The fourth-order valence-corrected chi connectivity index (χ4v) is 1.76. The second-order valence-electron chi connectivity index (χ2n) is 2.45. The maximum Gasteiger partial charge on any atom is 0.0144 e. The fraction of sp³-hybridized carbons (Fsp3) is 0.750. The molecule has 0 aromatic carbocycles. The van der Waals surface area contributed by atoms with E-state index in [1.165, 1.54) is 24.5 Å². The summed E-state index contributed by atoms with van der Waals surface area (Å²) >= 11 is 2.02. The first-order valence-corrected chi connectivity index (χ1v) is 5.05. The third-order valence-electron chi connectivity index (χ3n) is 1.65. The van der Waals surface area contributed by atoms with Gasteiger partial charge in [-0.3, -0.25) is 0 Å². The molecule has 2 heteroatoms. The highest BCUT2D eigenvalue weighted by atomic mass is 32.2. The average Bonchev–Trinajstić information content (AvgIpc) is 2.03. The van der Waals surface area contributed by atoms with Crippen LogP contribution in [0.1, 0.15) is 13.3 Å². The van der Waals surface area contributed by atoms with Crippen molar-refractivity contribution >= 4 is 11.8 Å². The summed E-state index contributed by atoms with van der Waals surface area (Å²) in [4.78, 5) is 0. The molecule has 1 aliphatic rings. The van der Waals surface area contributed by atoms with Gasteiger partial charge >= 0.3 is 0 Å². The minimum Gasteiger partial charge on any atom is -0.313 e. The molecular formula is C8H15NS. The maximum absolute atomic E-state index is 3.31. The van der Waals surface area contributed by atoms with Crippen LogP contribution in [-0.2, 0) is 0 Å². The molecule has 58 valence electrons. The third kappa shape index (κ3) is 2.76. The Bertz CT molecular complexity index is 120. The molecule has 0 aliphatic carbocycles. The Balaban J connectivity index is 2.18. The lowest BCUT2D eigenvalue weighted by atomic mass is 10.1. The maximum atomic E-state index is 3.31. The lowest BCUT2D eigenvalue weighted by Gasteiger charge is -2.12. The van der Waals surface area contributed by atoms with Crippen molar-refractivity contribution in [2.45, 2.75) is 13.3 Å². The Kier molecular flexibility index (Phi) is 3.91. The van der Waals surface area contributed by atoms with Crippen molar-refractivity contribution in [2.75, 3.05) is 24.6 Å². The van der Waals surface area contributed by atoms with Crippen molar-refractivity contribution in [3.05, 3.63) is 11.6 Å². The molecule has 1 aliphatic heterocycles. The zero-order valence-corrected chi connectivity index (χ0v) is 7.34. The zero-order valence-electron chi connectivity index (χ0n) is 6.52. The average molecular weight is 157 g/mol. The summed E-state index contributed by atoms with van der Waals surface area (Å²) in [6, 6.07) is 0. The molecule has 0 amide bonds. The number of rotatable bonds is 3. The highest BCUT2D eigenvalue weighted by Crippen LogP contribution is 2.11. The molecule has 0 saturated heterocycles. The molecule has 0 atom stereocenters. The van der Waals surface area contributed by atoms with Gasteiger partial charge in [-0.1, -0.05) is 18.6 Å². The number of nitrogens with one attached hydrogen (secondary N) is 1. The summed E-state index contributed by atoms with van der Waals surface area (Å²) in [6.07, 6.45) is 3.58. The van der Waals surface area contributed by atoms with E-state index in [2.05, 4.69) is 18.3 Å². The van der Waals surface area contributed by atoms with Crippen molar-refractivity contribution in [1.82, 2.24) is 5.32 Å². The van der Waals surface area contributed by atoms with Crippen molar-refractivity contribution in [1.29, 1.82) is 0 Å². The van der Waals surface area contributed by atoms with Gasteiger partial charge in [-0.2, -0.15) is 11.8 Å². The minimum atomic E-state index is 1.08. The molecule has 0 aromatic heterocycles. The predicted octanol–water partition coefficient (Wildman–Crippen LogP) is 1.66. The van der Waals surface area contributed by atoms with Gasteiger partial charge in [0.05, 0.1) is 0 Å². The number of hydrogen-bond donors (Lipinski definition) is 1. The van der Waals surface area contributed by atoms with E-state index < -0.39 is 0 Å². The van der Waals surface area contributed by atoms with Gasteiger partial charge in [0.2, 0.25) is 0 Å². The SMILES string of the molecule is CCSCC1=CCNCC1. The van der Waals surface area contributed by atoms with Crippen LogP contribution in [0.2, 0.25) is 0 Å². The molecule has 0 bridgehead atoms. The van der Waals surface area contributed by atoms with Crippen LogP contribution < -0.4 is 5.32 Å². The molecule has 0 aromatic rings. The molecule has 0 spiro atoms. The summed E-state index contributed by atoms with van der Waals surface area (Å²) in [6.45, 7) is 4.47. The second-order valence-corrected chi connectivity index (χ2v) is 3.73. The monoisotopic (exact) mass is 157 g/mol. The van der Waals surface area contributed by atoms with Crippen LogP contribution in [0, 0.1) is 0 Å². The van der Waals surface area contributed by atoms with Gasteiger partial charge in [-0.15, -0.1) is 0 Å². The zero-order chi connectivity index (χ0) is 7.23. The third-order valence-corrected chi connectivity index (χ3v) is 2.63. The number of hydrogen-bond acceptors (Lipinski definition) is 2. The van der Waals surface area contributed by atoms with Crippen molar-refractivity contribution in [3.63, 3.8) is 0 Å². The van der Waals surface area contributed by atoms with Crippen LogP contribution in [0.15, 0.2) is 11.6 Å². The first-order valence-electron chi connectivity index (χ1n) is 3.90. The van der Waals surface area contributed by atoms with Gasteiger partial charge in [-0.05, 0) is 18.7 Å². The quantitative estimate of drug-likeness (QED) is 0.625. The molecule has 1 heterocycles. The van der Waals surface area contributed by atoms with Crippen LogP contribution in [-0.4, -0.2) is 24.6 Å². The van der Waals surface area contributed by atoms with E-state index in [-0.39, 0.29) is 0 Å². The van der Waals surface area contributed by atoms with Crippen molar-refractivity contribution in [3.8, 4) is 0 Å². The summed E-state index contributed by atoms with van der Waals surface area (Å²) in [5.41, 5.74) is 1.63. The molecule has 10 heavy (non-hydrogen) atoms. The molecule has 1 N–H and O–H groups in total. The minimum absolute atomic E-state index is 1.08. The largest absolute Gasteiger partial charge is 0.313 e. The normalized spacial score (nSPS) is 18.7. The van der Waals surface area contributed by atoms with Gasteiger partial charge in [-0.25, -0.2) is 0 Å². The molecule has 0 fully saturated rings. The van der Waals surface area contributed by atoms with Gasteiger partial charge in [0.15, 0.2) is 0 Å². The lowest BCUT2D eigenvalue weighted by Crippen LogP contribution is -2.21. The van der Waals surface area contributed by atoms with Crippen LogP contribution >= 0.6 is 11.8 Å². The van der Waals surface area contributed by atoms with Crippen LogP contribution in [0.3, 0.4) is 0 Å².